The van der Waals surface area contributed by atoms with Gasteiger partial charge in [-0.2, -0.15) is 0 Å². The van der Waals surface area contributed by atoms with Crippen LogP contribution in [0.15, 0.2) is 6.07 Å². The smallest absolute Gasteiger partial charge is 0.220 e. The number of piperidine rings is 1. The Morgan fingerprint density at radius 3 is 3.00 bits per heavy atom. The molecule has 0 aliphatic carbocycles. The van der Waals surface area contributed by atoms with E-state index in [4.69, 9.17) is 0 Å². The zero-order valence-corrected chi connectivity index (χ0v) is 11.7. The molecule has 1 aliphatic rings. The fourth-order valence-corrected chi connectivity index (χ4v) is 2.38. The lowest BCUT2D eigenvalue weighted by Crippen LogP contribution is -2.28. The van der Waals surface area contributed by atoms with Crippen molar-refractivity contribution in [2.45, 2.75) is 45.1 Å². The first-order valence-electron chi connectivity index (χ1n) is 6.97. The van der Waals surface area contributed by atoms with Crippen LogP contribution in [0.2, 0.25) is 0 Å². The Kier molecular flexibility index (Phi) is 4.85. The Bertz CT molecular complexity index is 441. The maximum absolute atomic E-state index is 11.3. The summed E-state index contributed by atoms with van der Waals surface area (Å²) in [4.78, 5) is 20.4. The predicted octanol–water partition coefficient (Wildman–Crippen LogP) is 1.28. The number of hydrogen-bond acceptors (Lipinski definition) is 4. The van der Waals surface area contributed by atoms with Crippen molar-refractivity contribution >= 4 is 5.91 Å². The van der Waals surface area contributed by atoms with Gasteiger partial charge in [0.2, 0.25) is 5.91 Å². The van der Waals surface area contributed by atoms with Crippen molar-refractivity contribution in [2.24, 2.45) is 0 Å². The maximum atomic E-state index is 11.3. The number of amides is 1. The summed E-state index contributed by atoms with van der Waals surface area (Å²) in [6.45, 7) is 3.02. The van der Waals surface area contributed by atoms with E-state index in [0.717, 1.165) is 30.2 Å². The van der Waals surface area contributed by atoms with Gasteiger partial charge in [0.1, 0.15) is 5.82 Å². The van der Waals surface area contributed by atoms with E-state index in [1.807, 2.05) is 13.0 Å². The Labute approximate surface area is 114 Å². The second-order valence-electron chi connectivity index (χ2n) is 5.03. The van der Waals surface area contributed by atoms with Crippen molar-refractivity contribution in [3.05, 3.63) is 23.3 Å². The molecule has 2 N–H and O–H groups in total. The van der Waals surface area contributed by atoms with Gasteiger partial charge in [-0.25, -0.2) is 9.97 Å². The van der Waals surface area contributed by atoms with Gasteiger partial charge in [0.15, 0.2) is 0 Å². The van der Waals surface area contributed by atoms with Gasteiger partial charge in [-0.05, 0) is 38.8 Å². The normalized spacial score (nSPS) is 19.2. The van der Waals surface area contributed by atoms with Crippen molar-refractivity contribution in [1.29, 1.82) is 0 Å². The third-order valence-corrected chi connectivity index (χ3v) is 3.43. The fourth-order valence-electron chi connectivity index (χ4n) is 2.38. The van der Waals surface area contributed by atoms with Crippen LogP contribution >= 0.6 is 0 Å². The Morgan fingerprint density at radius 2 is 2.32 bits per heavy atom. The fraction of sp³-hybridized carbons (Fsp3) is 0.643. The van der Waals surface area contributed by atoms with Crippen molar-refractivity contribution in [3.63, 3.8) is 0 Å². The Balaban J connectivity index is 2.07. The largest absolute Gasteiger partial charge is 0.359 e. The average molecular weight is 262 g/mol. The number of hydrogen-bond donors (Lipinski definition) is 2. The van der Waals surface area contributed by atoms with Crippen molar-refractivity contribution < 1.29 is 4.79 Å². The molecule has 1 fully saturated rings. The minimum Gasteiger partial charge on any atom is -0.359 e. The molecule has 5 nitrogen and oxygen atoms in total. The van der Waals surface area contributed by atoms with Crippen LogP contribution in [0.25, 0.3) is 0 Å². The van der Waals surface area contributed by atoms with Crippen LogP contribution in [0, 0.1) is 6.92 Å². The summed E-state index contributed by atoms with van der Waals surface area (Å²) >= 11 is 0. The molecule has 19 heavy (non-hydrogen) atoms. The summed E-state index contributed by atoms with van der Waals surface area (Å²) in [5.41, 5.74) is 1.93. The summed E-state index contributed by atoms with van der Waals surface area (Å²) < 4.78 is 0. The lowest BCUT2D eigenvalue weighted by Gasteiger charge is -2.22. The van der Waals surface area contributed by atoms with Gasteiger partial charge in [0, 0.05) is 24.9 Å². The molecule has 104 valence electrons. The highest BCUT2D eigenvalue weighted by Crippen LogP contribution is 2.20. The van der Waals surface area contributed by atoms with Crippen LogP contribution in [-0.4, -0.2) is 29.5 Å². The van der Waals surface area contributed by atoms with Crippen molar-refractivity contribution in [2.75, 3.05) is 13.6 Å². The summed E-state index contributed by atoms with van der Waals surface area (Å²) in [7, 11) is 1.66. The molecule has 1 aromatic heterocycles. The standard InChI is InChI=1S/C14H22N4O/c1-10-9-11(6-7-13(19)15-2)18-14(17-10)12-5-3-4-8-16-12/h9,12,16H,3-8H2,1-2H3,(H,15,19)/t12-/m1/s1. The molecular formula is C14H22N4O. The van der Waals surface area contributed by atoms with E-state index in [2.05, 4.69) is 20.6 Å². The van der Waals surface area contributed by atoms with E-state index in [1.54, 1.807) is 7.05 Å². The summed E-state index contributed by atoms with van der Waals surface area (Å²) in [5.74, 6) is 0.931. The molecule has 0 radical (unpaired) electrons. The molecule has 0 spiro atoms. The number of nitrogens with one attached hydrogen (secondary N) is 2. The number of aryl methyl sites for hydroxylation is 2. The van der Waals surface area contributed by atoms with Crippen molar-refractivity contribution in [1.82, 2.24) is 20.6 Å². The molecule has 0 saturated carbocycles. The summed E-state index contributed by atoms with van der Waals surface area (Å²) in [5, 5.41) is 6.09. The van der Waals surface area contributed by atoms with E-state index in [-0.39, 0.29) is 11.9 Å². The second-order valence-corrected chi connectivity index (χ2v) is 5.03. The Hall–Kier alpha value is -1.49. The molecule has 0 aromatic carbocycles. The molecule has 0 unspecified atom stereocenters. The molecule has 1 aliphatic heterocycles. The first-order valence-corrected chi connectivity index (χ1v) is 6.97. The SMILES string of the molecule is CNC(=O)CCc1cc(C)nc([C@H]2CCCCN2)n1. The zero-order valence-electron chi connectivity index (χ0n) is 11.7. The summed E-state index contributed by atoms with van der Waals surface area (Å²) in [6, 6.07) is 2.24. The lowest BCUT2D eigenvalue weighted by atomic mass is 10.0. The van der Waals surface area contributed by atoms with E-state index in [9.17, 15) is 4.79 Å². The number of nitrogens with zero attached hydrogens (tertiary/aromatic N) is 2. The monoisotopic (exact) mass is 262 g/mol. The first kappa shape index (κ1) is 13.9. The highest BCUT2D eigenvalue weighted by Gasteiger charge is 2.18. The Morgan fingerprint density at radius 1 is 1.47 bits per heavy atom. The highest BCUT2D eigenvalue weighted by atomic mass is 16.1. The van der Waals surface area contributed by atoms with Crippen LogP contribution in [0.5, 0.6) is 0 Å². The molecule has 1 amide bonds. The topological polar surface area (TPSA) is 66.9 Å². The molecule has 1 saturated heterocycles. The van der Waals surface area contributed by atoms with Gasteiger partial charge in [-0.15, -0.1) is 0 Å². The van der Waals surface area contributed by atoms with E-state index < -0.39 is 0 Å². The van der Waals surface area contributed by atoms with Crippen LogP contribution < -0.4 is 10.6 Å². The third-order valence-electron chi connectivity index (χ3n) is 3.43. The van der Waals surface area contributed by atoms with Gasteiger partial charge < -0.3 is 10.6 Å². The predicted molar refractivity (Wildman–Crippen MR) is 73.8 cm³/mol. The third kappa shape index (κ3) is 3.99. The second kappa shape index (κ2) is 6.61. The minimum absolute atomic E-state index is 0.0496. The zero-order chi connectivity index (χ0) is 13.7. The molecule has 1 aromatic rings. The molecule has 0 bridgehead atoms. The van der Waals surface area contributed by atoms with E-state index in [0.29, 0.717) is 12.8 Å². The van der Waals surface area contributed by atoms with Crippen LogP contribution in [-0.2, 0) is 11.2 Å². The molecule has 2 heterocycles. The van der Waals surface area contributed by atoms with Crippen LogP contribution in [0.3, 0.4) is 0 Å². The van der Waals surface area contributed by atoms with Gasteiger partial charge in [-0.3, -0.25) is 4.79 Å². The average Bonchev–Trinajstić information content (AvgIpc) is 2.45. The number of aromatic nitrogens is 2. The summed E-state index contributed by atoms with van der Waals surface area (Å²) in [6.07, 6.45) is 4.69. The first-order chi connectivity index (χ1) is 9.19. The van der Waals surface area contributed by atoms with Gasteiger partial charge in [-0.1, -0.05) is 6.42 Å². The minimum atomic E-state index is 0.0496. The number of carbonyl (C=O) groups is 1. The van der Waals surface area contributed by atoms with Gasteiger partial charge in [0.25, 0.3) is 0 Å². The molecule has 1 atom stereocenters. The molecular weight excluding hydrogens is 240 g/mol. The highest BCUT2D eigenvalue weighted by molar-refractivity contribution is 5.75. The maximum Gasteiger partial charge on any atom is 0.220 e. The van der Waals surface area contributed by atoms with Gasteiger partial charge in [0.05, 0.1) is 6.04 Å². The molecule has 2 rings (SSSR count). The number of carbonyl (C=O) groups excluding carboxylic acids is 1. The quantitative estimate of drug-likeness (QED) is 0.857. The van der Waals surface area contributed by atoms with Crippen molar-refractivity contribution in [3.8, 4) is 0 Å². The molecule has 5 heteroatoms. The van der Waals surface area contributed by atoms with E-state index >= 15 is 0 Å². The number of rotatable bonds is 4. The van der Waals surface area contributed by atoms with Crippen LogP contribution in [0.1, 0.15) is 48.9 Å². The lowest BCUT2D eigenvalue weighted by molar-refractivity contribution is -0.120. The van der Waals surface area contributed by atoms with Gasteiger partial charge >= 0.3 is 0 Å². The van der Waals surface area contributed by atoms with E-state index in [1.165, 1.54) is 12.8 Å². The van der Waals surface area contributed by atoms with Crippen LogP contribution in [0.4, 0.5) is 0 Å².